The van der Waals surface area contributed by atoms with Crippen LogP contribution in [-0.2, 0) is 4.79 Å². The fourth-order valence-electron chi connectivity index (χ4n) is 0.820. The van der Waals surface area contributed by atoms with E-state index >= 15 is 0 Å². The first-order valence-corrected chi connectivity index (χ1v) is 3.99. The van der Waals surface area contributed by atoms with Crippen molar-refractivity contribution < 1.29 is 9.90 Å². The van der Waals surface area contributed by atoms with Gasteiger partial charge in [-0.15, -0.1) is 0 Å². The van der Waals surface area contributed by atoms with E-state index in [0.717, 1.165) is 0 Å². The molecule has 0 fully saturated rings. The number of hydrogen-bond donors (Lipinski definition) is 4. The molecule has 76 valence electrons. The van der Waals surface area contributed by atoms with Crippen molar-refractivity contribution in [3.63, 3.8) is 0 Å². The van der Waals surface area contributed by atoms with Crippen molar-refractivity contribution in [1.82, 2.24) is 0 Å². The van der Waals surface area contributed by atoms with Crippen LogP contribution in [0.4, 0.5) is 0 Å². The zero-order valence-corrected chi connectivity index (χ0v) is 7.60. The Bertz CT molecular complexity index is 201. The lowest BCUT2D eigenvalue weighted by atomic mass is 9.99. The molecule has 7 N–H and O–H groups in total. The molecular formula is C7H16N4O2. The number of aliphatic carboxylic acids is 1. The predicted molar refractivity (Wildman–Crippen MR) is 50.1 cm³/mol. The molecule has 2 unspecified atom stereocenters. The van der Waals surface area contributed by atoms with Gasteiger partial charge in [0.2, 0.25) is 0 Å². The number of guanidine groups is 1. The average molecular weight is 188 g/mol. The van der Waals surface area contributed by atoms with Crippen LogP contribution in [0.5, 0.6) is 0 Å². The first-order chi connectivity index (χ1) is 5.95. The van der Waals surface area contributed by atoms with Crippen LogP contribution in [0.3, 0.4) is 0 Å². The van der Waals surface area contributed by atoms with E-state index in [0.29, 0.717) is 13.0 Å². The van der Waals surface area contributed by atoms with Crippen LogP contribution < -0.4 is 17.2 Å². The molecular weight excluding hydrogens is 172 g/mol. The first-order valence-electron chi connectivity index (χ1n) is 3.99. The van der Waals surface area contributed by atoms with Gasteiger partial charge >= 0.3 is 5.97 Å². The van der Waals surface area contributed by atoms with Crippen molar-refractivity contribution in [3.8, 4) is 0 Å². The summed E-state index contributed by atoms with van der Waals surface area (Å²) >= 11 is 0. The van der Waals surface area contributed by atoms with Crippen LogP contribution in [0, 0.1) is 5.92 Å². The third-order valence-corrected chi connectivity index (χ3v) is 1.78. The van der Waals surface area contributed by atoms with Gasteiger partial charge in [-0.25, -0.2) is 0 Å². The summed E-state index contributed by atoms with van der Waals surface area (Å²) in [5.74, 6) is -1.13. The molecule has 0 aliphatic carbocycles. The van der Waals surface area contributed by atoms with Crippen molar-refractivity contribution in [2.75, 3.05) is 6.54 Å². The average Bonchev–Trinajstić information content (AvgIpc) is 2.02. The molecule has 0 saturated carbocycles. The first kappa shape index (κ1) is 11.7. The van der Waals surface area contributed by atoms with Gasteiger partial charge in [-0.2, -0.15) is 0 Å². The van der Waals surface area contributed by atoms with Crippen LogP contribution in [0.1, 0.15) is 13.3 Å². The van der Waals surface area contributed by atoms with Crippen LogP contribution in [0.2, 0.25) is 0 Å². The highest BCUT2D eigenvalue weighted by molar-refractivity contribution is 5.75. The molecule has 2 atom stereocenters. The van der Waals surface area contributed by atoms with E-state index in [1.165, 1.54) is 0 Å². The largest absolute Gasteiger partial charge is 0.480 e. The zero-order chi connectivity index (χ0) is 10.4. The summed E-state index contributed by atoms with van der Waals surface area (Å²) in [5, 5.41) is 8.55. The second-order valence-corrected chi connectivity index (χ2v) is 2.94. The minimum Gasteiger partial charge on any atom is -0.480 e. The molecule has 6 nitrogen and oxygen atoms in total. The molecule has 0 amide bonds. The van der Waals surface area contributed by atoms with E-state index in [2.05, 4.69) is 4.99 Å². The van der Waals surface area contributed by atoms with Gasteiger partial charge in [-0.1, -0.05) is 6.92 Å². The van der Waals surface area contributed by atoms with E-state index in [4.69, 9.17) is 22.3 Å². The maximum absolute atomic E-state index is 10.4. The number of carboxylic acid groups (broad SMARTS) is 1. The Morgan fingerprint density at radius 1 is 1.54 bits per heavy atom. The molecule has 6 heteroatoms. The minimum absolute atomic E-state index is 0.0103. The summed E-state index contributed by atoms with van der Waals surface area (Å²) in [6, 6.07) is -0.853. The van der Waals surface area contributed by atoms with E-state index in [-0.39, 0.29) is 11.9 Å². The van der Waals surface area contributed by atoms with E-state index < -0.39 is 12.0 Å². The van der Waals surface area contributed by atoms with Crippen LogP contribution >= 0.6 is 0 Å². The molecule has 0 aliphatic heterocycles. The highest BCUT2D eigenvalue weighted by atomic mass is 16.4. The fraction of sp³-hybridized carbons (Fsp3) is 0.714. The smallest absolute Gasteiger partial charge is 0.320 e. The Labute approximate surface area is 76.8 Å². The van der Waals surface area contributed by atoms with Crippen molar-refractivity contribution in [3.05, 3.63) is 0 Å². The maximum Gasteiger partial charge on any atom is 0.320 e. The lowest BCUT2D eigenvalue weighted by Crippen LogP contribution is -2.37. The van der Waals surface area contributed by atoms with Gasteiger partial charge in [-0.3, -0.25) is 9.79 Å². The van der Waals surface area contributed by atoms with Gasteiger partial charge in [0.1, 0.15) is 6.04 Å². The maximum atomic E-state index is 10.4. The predicted octanol–water partition coefficient (Wildman–Crippen LogP) is -1.30. The summed E-state index contributed by atoms with van der Waals surface area (Å²) in [4.78, 5) is 14.2. The Hall–Kier alpha value is -1.30. The number of hydrogen-bond acceptors (Lipinski definition) is 3. The van der Waals surface area contributed by atoms with E-state index in [9.17, 15) is 4.79 Å². The third-order valence-electron chi connectivity index (χ3n) is 1.78. The highest BCUT2D eigenvalue weighted by Gasteiger charge is 2.18. The van der Waals surface area contributed by atoms with Gasteiger partial charge < -0.3 is 22.3 Å². The SMILES string of the molecule is CC(CCN=C(N)N)C(N)C(=O)O. The normalized spacial score (nSPS) is 14.6. The molecule has 0 aromatic heterocycles. The summed E-state index contributed by atoms with van der Waals surface area (Å²) in [6.07, 6.45) is 0.561. The Kier molecular flexibility index (Phi) is 4.83. The summed E-state index contributed by atoms with van der Waals surface area (Å²) in [7, 11) is 0. The van der Waals surface area contributed by atoms with E-state index in [1.54, 1.807) is 6.92 Å². The molecule has 0 saturated heterocycles. The molecule has 0 aromatic carbocycles. The number of nitrogens with two attached hydrogens (primary N) is 3. The molecule has 0 rings (SSSR count). The Balaban J connectivity index is 3.81. The van der Waals surface area contributed by atoms with Gasteiger partial charge in [0.05, 0.1) is 0 Å². The van der Waals surface area contributed by atoms with Crippen LogP contribution in [-0.4, -0.2) is 29.6 Å². The number of carbonyl (C=O) groups is 1. The lowest BCUT2D eigenvalue weighted by molar-refractivity contribution is -0.139. The van der Waals surface area contributed by atoms with Crippen LogP contribution in [0.25, 0.3) is 0 Å². The highest BCUT2D eigenvalue weighted by Crippen LogP contribution is 2.06. The Morgan fingerprint density at radius 3 is 2.46 bits per heavy atom. The van der Waals surface area contributed by atoms with Crippen molar-refractivity contribution >= 4 is 11.9 Å². The molecule has 0 aliphatic rings. The molecule has 0 heterocycles. The minimum atomic E-state index is -1.00. The summed E-state index contributed by atoms with van der Waals surface area (Å²) < 4.78 is 0. The van der Waals surface area contributed by atoms with Gasteiger partial charge in [0.15, 0.2) is 5.96 Å². The number of carboxylic acids is 1. The summed E-state index contributed by atoms with van der Waals surface area (Å²) in [5.41, 5.74) is 15.6. The molecule has 0 radical (unpaired) electrons. The second-order valence-electron chi connectivity index (χ2n) is 2.94. The van der Waals surface area contributed by atoms with Crippen molar-refractivity contribution in [2.24, 2.45) is 28.1 Å². The monoisotopic (exact) mass is 188 g/mol. The topological polar surface area (TPSA) is 128 Å². The standard InChI is InChI=1S/C7H16N4O2/c1-4(5(8)6(12)13)2-3-11-7(9)10/h4-5H,2-3,8H2,1H3,(H,12,13)(H4,9,10,11). The van der Waals surface area contributed by atoms with Crippen molar-refractivity contribution in [1.29, 1.82) is 0 Å². The van der Waals surface area contributed by atoms with Gasteiger partial charge in [0, 0.05) is 6.54 Å². The van der Waals surface area contributed by atoms with Crippen molar-refractivity contribution in [2.45, 2.75) is 19.4 Å². The molecule has 0 bridgehead atoms. The third kappa shape index (κ3) is 5.02. The number of rotatable bonds is 5. The molecule has 0 aromatic rings. The van der Waals surface area contributed by atoms with Gasteiger partial charge in [-0.05, 0) is 12.3 Å². The zero-order valence-electron chi connectivity index (χ0n) is 7.60. The van der Waals surface area contributed by atoms with Gasteiger partial charge in [0.25, 0.3) is 0 Å². The number of aliphatic imine (C=N–C) groups is 1. The fourth-order valence-corrected chi connectivity index (χ4v) is 0.820. The molecule has 13 heavy (non-hydrogen) atoms. The lowest BCUT2D eigenvalue weighted by Gasteiger charge is -2.13. The number of nitrogens with zero attached hydrogens (tertiary/aromatic N) is 1. The molecule has 0 spiro atoms. The summed E-state index contributed by atoms with van der Waals surface area (Å²) in [6.45, 7) is 2.16. The van der Waals surface area contributed by atoms with Crippen LogP contribution in [0.15, 0.2) is 4.99 Å². The Morgan fingerprint density at radius 2 is 2.08 bits per heavy atom. The quantitative estimate of drug-likeness (QED) is 0.315. The van der Waals surface area contributed by atoms with E-state index in [1.807, 2.05) is 0 Å². The second kappa shape index (κ2) is 5.36.